The van der Waals surface area contributed by atoms with Crippen LogP contribution >= 0.6 is 0 Å². The molecule has 4 saturated carbocycles. The summed E-state index contributed by atoms with van der Waals surface area (Å²) < 4.78 is 5.36. The Bertz CT molecular complexity index is 406. The van der Waals surface area contributed by atoms with Gasteiger partial charge in [0.2, 0.25) is 0 Å². The zero-order chi connectivity index (χ0) is 16.7. The van der Waals surface area contributed by atoms with E-state index in [9.17, 15) is 4.79 Å². The third-order valence-electron chi connectivity index (χ3n) is 6.19. The van der Waals surface area contributed by atoms with E-state index in [-0.39, 0.29) is 12.1 Å². The number of hydrogen-bond donors (Lipinski definition) is 2. The number of rotatable bonds is 5. The van der Waals surface area contributed by atoms with E-state index in [1.54, 1.807) is 0 Å². The van der Waals surface area contributed by atoms with E-state index in [4.69, 9.17) is 10.5 Å². The van der Waals surface area contributed by atoms with Gasteiger partial charge in [0.1, 0.15) is 5.60 Å². The van der Waals surface area contributed by atoms with Crippen LogP contribution in [0.15, 0.2) is 0 Å². The van der Waals surface area contributed by atoms with Gasteiger partial charge in [-0.25, -0.2) is 4.79 Å². The Balaban J connectivity index is 1.51. The second-order valence-electron chi connectivity index (χ2n) is 9.54. The highest BCUT2D eigenvalue weighted by molar-refractivity contribution is 5.68. The van der Waals surface area contributed by atoms with Crippen LogP contribution in [0.4, 0.5) is 4.79 Å². The Hall–Kier alpha value is -0.770. The van der Waals surface area contributed by atoms with Gasteiger partial charge < -0.3 is 15.8 Å². The summed E-state index contributed by atoms with van der Waals surface area (Å²) in [6, 6.07) is 0.0397. The molecule has 0 radical (unpaired) electrons. The maximum Gasteiger partial charge on any atom is 0.407 e. The zero-order valence-electron chi connectivity index (χ0n) is 15.1. The van der Waals surface area contributed by atoms with E-state index in [1.807, 2.05) is 20.8 Å². The minimum Gasteiger partial charge on any atom is -0.444 e. The maximum atomic E-state index is 12.0. The normalized spacial score (nSPS) is 36.8. The van der Waals surface area contributed by atoms with Crippen LogP contribution in [0.2, 0.25) is 0 Å². The Morgan fingerprint density at radius 2 is 1.70 bits per heavy atom. The molecule has 23 heavy (non-hydrogen) atoms. The fourth-order valence-electron chi connectivity index (χ4n) is 5.80. The lowest BCUT2D eigenvalue weighted by atomic mass is 9.48. The van der Waals surface area contributed by atoms with Crippen molar-refractivity contribution < 1.29 is 9.53 Å². The minimum absolute atomic E-state index is 0.0397. The van der Waals surface area contributed by atoms with Gasteiger partial charge >= 0.3 is 6.09 Å². The quantitative estimate of drug-likeness (QED) is 0.808. The molecule has 4 bridgehead atoms. The molecule has 0 aromatic heterocycles. The Morgan fingerprint density at radius 1 is 1.17 bits per heavy atom. The first-order chi connectivity index (χ1) is 10.8. The van der Waals surface area contributed by atoms with Crippen LogP contribution < -0.4 is 11.1 Å². The number of nitrogens with two attached hydrogens (primary N) is 1. The maximum absolute atomic E-state index is 12.0. The molecule has 4 rings (SSSR count). The van der Waals surface area contributed by atoms with Crippen molar-refractivity contribution in [2.24, 2.45) is 28.9 Å². The Morgan fingerprint density at radius 3 is 2.13 bits per heavy atom. The van der Waals surface area contributed by atoms with Crippen LogP contribution in [0, 0.1) is 23.2 Å². The van der Waals surface area contributed by atoms with E-state index in [2.05, 4.69) is 5.32 Å². The lowest BCUT2D eigenvalue weighted by Gasteiger charge is -2.57. The molecule has 0 aromatic carbocycles. The van der Waals surface area contributed by atoms with Crippen molar-refractivity contribution in [3.05, 3.63) is 0 Å². The molecule has 1 amide bonds. The second kappa shape index (κ2) is 6.27. The van der Waals surface area contributed by atoms with Crippen LogP contribution in [-0.4, -0.2) is 24.3 Å². The molecule has 0 aromatic rings. The standard InChI is InChI=1S/C19H34N2O2/c1-18(2,3)23-17(22)21-16(12-20)4-5-19-9-13-6-14(10-19)8-15(7-13)11-19/h13-16H,4-12,20H2,1-3H3,(H,21,22). The van der Waals surface area contributed by atoms with Gasteiger partial charge in [-0.2, -0.15) is 0 Å². The first kappa shape index (κ1) is 17.1. The van der Waals surface area contributed by atoms with Gasteiger partial charge in [0.05, 0.1) is 0 Å². The topological polar surface area (TPSA) is 64.3 Å². The summed E-state index contributed by atoms with van der Waals surface area (Å²) in [6.07, 6.45) is 10.6. The summed E-state index contributed by atoms with van der Waals surface area (Å²) in [6.45, 7) is 6.16. The van der Waals surface area contributed by atoms with Crippen molar-refractivity contribution in [2.75, 3.05) is 6.54 Å². The number of ether oxygens (including phenoxy) is 1. The predicted molar refractivity (Wildman–Crippen MR) is 92.1 cm³/mol. The first-order valence-electron chi connectivity index (χ1n) is 9.46. The molecule has 3 N–H and O–H groups in total. The molecule has 4 nitrogen and oxygen atoms in total. The fourth-order valence-corrected chi connectivity index (χ4v) is 5.80. The van der Waals surface area contributed by atoms with Crippen LogP contribution in [0.1, 0.15) is 72.1 Å². The van der Waals surface area contributed by atoms with Gasteiger partial charge in [0, 0.05) is 12.6 Å². The molecular formula is C19H34N2O2. The molecule has 0 aliphatic heterocycles. The van der Waals surface area contributed by atoms with Crippen molar-refractivity contribution in [1.82, 2.24) is 5.32 Å². The van der Waals surface area contributed by atoms with Gasteiger partial charge in [-0.3, -0.25) is 0 Å². The molecule has 4 aliphatic carbocycles. The molecule has 1 atom stereocenters. The molecule has 4 fully saturated rings. The first-order valence-corrected chi connectivity index (χ1v) is 9.46. The van der Waals surface area contributed by atoms with E-state index in [0.717, 1.165) is 24.2 Å². The minimum atomic E-state index is -0.455. The Labute approximate surface area is 140 Å². The van der Waals surface area contributed by atoms with Crippen molar-refractivity contribution in [3.63, 3.8) is 0 Å². The highest BCUT2D eigenvalue weighted by Gasteiger charge is 2.50. The van der Waals surface area contributed by atoms with Crippen LogP contribution in [0.25, 0.3) is 0 Å². The number of hydrogen-bond acceptors (Lipinski definition) is 3. The molecular weight excluding hydrogens is 288 g/mol. The summed E-state index contributed by atoms with van der Waals surface area (Å²) in [4.78, 5) is 12.0. The summed E-state index contributed by atoms with van der Waals surface area (Å²) in [5.41, 5.74) is 5.99. The lowest BCUT2D eigenvalue weighted by Crippen LogP contribution is -2.48. The lowest BCUT2D eigenvalue weighted by molar-refractivity contribution is -0.0592. The van der Waals surface area contributed by atoms with Gasteiger partial charge in [0.15, 0.2) is 0 Å². The SMILES string of the molecule is CC(C)(C)OC(=O)NC(CN)CCC12CC3CC(CC(C3)C1)C2. The number of carbonyl (C=O) groups excluding carboxylic acids is 1. The molecule has 4 heteroatoms. The number of carbonyl (C=O) groups is 1. The van der Waals surface area contributed by atoms with Crippen LogP contribution in [0.5, 0.6) is 0 Å². The number of nitrogens with one attached hydrogen (secondary N) is 1. The molecule has 0 spiro atoms. The van der Waals surface area contributed by atoms with Crippen molar-refractivity contribution >= 4 is 6.09 Å². The highest BCUT2D eigenvalue weighted by Crippen LogP contribution is 2.61. The average molecular weight is 322 g/mol. The Kier molecular flexibility index (Phi) is 4.65. The predicted octanol–water partition coefficient (Wildman–Crippen LogP) is 3.84. The molecule has 1 unspecified atom stereocenters. The summed E-state index contributed by atoms with van der Waals surface area (Å²) >= 11 is 0. The van der Waals surface area contributed by atoms with Gasteiger partial charge in [0.25, 0.3) is 0 Å². The van der Waals surface area contributed by atoms with E-state index in [1.165, 1.54) is 44.9 Å². The van der Waals surface area contributed by atoms with Gasteiger partial charge in [-0.15, -0.1) is 0 Å². The van der Waals surface area contributed by atoms with E-state index in [0.29, 0.717) is 12.0 Å². The summed E-state index contributed by atoms with van der Waals surface area (Å²) in [7, 11) is 0. The number of alkyl carbamates (subject to hydrolysis) is 1. The highest BCUT2D eigenvalue weighted by atomic mass is 16.6. The third-order valence-corrected chi connectivity index (χ3v) is 6.19. The smallest absolute Gasteiger partial charge is 0.407 e. The zero-order valence-corrected chi connectivity index (χ0v) is 15.1. The average Bonchev–Trinajstić information content (AvgIpc) is 2.40. The van der Waals surface area contributed by atoms with Crippen molar-refractivity contribution in [3.8, 4) is 0 Å². The van der Waals surface area contributed by atoms with E-state index < -0.39 is 5.60 Å². The molecule has 4 aliphatic rings. The monoisotopic (exact) mass is 322 g/mol. The largest absolute Gasteiger partial charge is 0.444 e. The third kappa shape index (κ3) is 4.20. The van der Waals surface area contributed by atoms with Gasteiger partial charge in [-0.05, 0) is 95.3 Å². The fraction of sp³-hybridized carbons (Fsp3) is 0.947. The van der Waals surface area contributed by atoms with Gasteiger partial charge in [-0.1, -0.05) is 0 Å². The van der Waals surface area contributed by atoms with Crippen molar-refractivity contribution in [1.29, 1.82) is 0 Å². The summed E-state index contributed by atoms with van der Waals surface area (Å²) in [5.74, 6) is 2.95. The van der Waals surface area contributed by atoms with E-state index >= 15 is 0 Å². The second-order valence-corrected chi connectivity index (χ2v) is 9.54. The number of amides is 1. The molecule has 0 heterocycles. The van der Waals surface area contributed by atoms with Crippen molar-refractivity contribution in [2.45, 2.75) is 83.8 Å². The molecule has 132 valence electrons. The summed E-state index contributed by atoms with van der Waals surface area (Å²) in [5, 5.41) is 2.97. The van der Waals surface area contributed by atoms with Crippen LogP contribution in [-0.2, 0) is 4.74 Å². The van der Waals surface area contributed by atoms with Crippen LogP contribution in [0.3, 0.4) is 0 Å². The molecule has 0 saturated heterocycles.